The largest absolute Gasteiger partial charge is 0.461 e. The highest BCUT2D eigenvalue weighted by molar-refractivity contribution is 5.87. The molecule has 0 spiro atoms. The summed E-state index contributed by atoms with van der Waals surface area (Å²) in [6, 6.07) is 1.59. The van der Waals surface area contributed by atoms with Gasteiger partial charge in [-0.05, 0) is 24.8 Å². The summed E-state index contributed by atoms with van der Waals surface area (Å²) in [5.74, 6) is 0.766. The van der Waals surface area contributed by atoms with Gasteiger partial charge in [0.05, 0.1) is 6.61 Å². The van der Waals surface area contributed by atoms with E-state index in [0.29, 0.717) is 18.2 Å². The van der Waals surface area contributed by atoms with Gasteiger partial charge in [0.1, 0.15) is 5.82 Å². The zero-order chi connectivity index (χ0) is 11.8. The number of carbonyl (C=O) groups excluding carboxylic acids is 1. The van der Waals surface area contributed by atoms with Crippen LogP contribution in [0, 0.1) is 5.41 Å². The molecule has 86 valence electrons. The minimum Gasteiger partial charge on any atom is -0.461 e. The van der Waals surface area contributed by atoms with E-state index >= 15 is 0 Å². The molecule has 0 aromatic carbocycles. The Morgan fingerprint density at radius 1 is 1.62 bits per heavy atom. The van der Waals surface area contributed by atoms with Gasteiger partial charge >= 0.3 is 5.97 Å². The lowest BCUT2D eigenvalue weighted by Gasteiger charge is -2.04. The Kier molecular flexibility index (Phi) is 2.66. The van der Waals surface area contributed by atoms with E-state index in [2.05, 4.69) is 23.8 Å². The van der Waals surface area contributed by atoms with Crippen molar-refractivity contribution >= 4 is 5.97 Å². The molecule has 2 rings (SSSR count). The van der Waals surface area contributed by atoms with E-state index in [0.717, 1.165) is 12.2 Å². The van der Waals surface area contributed by atoms with Crippen LogP contribution in [0.3, 0.4) is 0 Å². The zero-order valence-electron chi connectivity index (χ0n) is 9.86. The number of hydrogen-bond donors (Lipinski definition) is 0. The number of aromatic nitrogens is 2. The molecule has 1 heterocycles. The van der Waals surface area contributed by atoms with Gasteiger partial charge in [0, 0.05) is 12.1 Å². The van der Waals surface area contributed by atoms with Crippen LogP contribution in [0.4, 0.5) is 0 Å². The lowest BCUT2D eigenvalue weighted by atomic mass is 10.1. The molecule has 1 aliphatic rings. The Morgan fingerprint density at radius 3 is 2.88 bits per heavy atom. The first-order valence-electron chi connectivity index (χ1n) is 5.54. The van der Waals surface area contributed by atoms with Crippen molar-refractivity contribution in [3.63, 3.8) is 0 Å². The standard InChI is InChI=1S/C12H16N2O2/c1-4-16-11(15)9-5-6-13-10(14-9)8-7-12(8,2)3/h5-6,8H,4,7H2,1-3H3. The molecule has 1 atom stereocenters. The average molecular weight is 220 g/mol. The third-order valence-corrected chi connectivity index (χ3v) is 2.98. The molecule has 0 radical (unpaired) electrons. The molecule has 1 aromatic heterocycles. The van der Waals surface area contributed by atoms with Gasteiger partial charge in [0.2, 0.25) is 0 Å². The molecule has 0 aliphatic heterocycles. The molecule has 16 heavy (non-hydrogen) atoms. The molecule has 1 fully saturated rings. The van der Waals surface area contributed by atoms with Crippen LogP contribution in [-0.4, -0.2) is 22.5 Å². The van der Waals surface area contributed by atoms with Crippen LogP contribution < -0.4 is 0 Å². The highest BCUT2D eigenvalue weighted by Crippen LogP contribution is 2.57. The lowest BCUT2D eigenvalue weighted by molar-refractivity contribution is 0.0519. The summed E-state index contributed by atoms with van der Waals surface area (Å²) < 4.78 is 4.91. The van der Waals surface area contributed by atoms with Gasteiger partial charge < -0.3 is 4.74 Å². The molecular weight excluding hydrogens is 204 g/mol. The highest BCUT2D eigenvalue weighted by atomic mass is 16.5. The summed E-state index contributed by atoms with van der Waals surface area (Å²) in [6.07, 6.45) is 2.71. The first kappa shape index (κ1) is 11.0. The van der Waals surface area contributed by atoms with Crippen molar-refractivity contribution in [1.82, 2.24) is 9.97 Å². The molecule has 1 saturated carbocycles. The normalized spacial score (nSPS) is 21.6. The van der Waals surface area contributed by atoms with Crippen LogP contribution in [0.2, 0.25) is 0 Å². The predicted molar refractivity (Wildman–Crippen MR) is 59.1 cm³/mol. The van der Waals surface area contributed by atoms with E-state index in [9.17, 15) is 4.79 Å². The Hall–Kier alpha value is -1.45. The molecular formula is C12H16N2O2. The smallest absolute Gasteiger partial charge is 0.357 e. The van der Waals surface area contributed by atoms with E-state index in [1.807, 2.05) is 0 Å². The number of hydrogen-bond acceptors (Lipinski definition) is 4. The second-order valence-electron chi connectivity index (χ2n) is 4.77. The molecule has 1 aromatic rings. The van der Waals surface area contributed by atoms with Crippen molar-refractivity contribution in [3.8, 4) is 0 Å². The van der Waals surface area contributed by atoms with Crippen LogP contribution >= 0.6 is 0 Å². The maximum atomic E-state index is 11.5. The topological polar surface area (TPSA) is 52.1 Å². The second kappa shape index (κ2) is 3.85. The molecule has 1 aliphatic carbocycles. The molecule has 0 N–H and O–H groups in total. The van der Waals surface area contributed by atoms with Crippen molar-refractivity contribution in [1.29, 1.82) is 0 Å². The van der Waals surface area contributed by atoms with E-state index in [1.54, 1.807) is 19.2 Å². The van der Waals surface area contributed by atoms with Crippen molar-refractivity contribution in [3.05, 3.63) is 23.8 Å². The number of rotatable bonds is 3. The summed E-state index contributed by atoms with van der Waals surface area (Å²) in [4.78, 5) is 20.0. The summed E-state index contributed by atoms with van der Waals surface area (Å²) in [7, 11) is 0. The summed E-state index contributed by atoms with van der Waals surface area (Å²) >= 11 is 0. The van der Waals surface area contributed by atoms with E-state index in [-0.39, 0.29) is 11.4 Å². The van der Waals surface area contributed by atoms with Gasteiger partial charge in [-0.15, -0.1) is 0 Å². The number of carbonyl (C=O) groups is 1. The first-order chi connectivity index (χ1) is 7.54. The Labute approximate surface area is 95.1 Å². The Balaban J connectivity index is 2.18. The maximum absolute atomic E-state index is 11.5. The third kappa shape index (κ3) is 2.05. The van der Waals surface area contributed by atoms with Crippen LogP contribution in [-0.2, 0) is 4.74 Å². The fourth-order valence-corrected chi connectivity index (χ4v) is 1.77. The van der Waals surface area contributed by atoms with E-state index < -0.39 is 0 Å². The van der Waals surface area contributed by atoms with E-state index in [4.69, 9.17) is 4.74 Å². The van der Waals surface area contributed by atoms with Crippen molar-refractivity contribution in [2.24, 2.45) is 5.41 Å². The SMILES string of the molecule is CCOC(=O)c1ccnc(C2CC2(C)C)n1. The number of nitrogens with zero attached hydrogens (tertiary/aromatic N) is 2. The van der Waals surface area contributed by atoms with Gasteiger partial charge in [-0.1, -0.05) is 13.8 Å². The van der Waals surface area contributed by atoms with Gasteiger partial charge in [0.15, 0.2) is 5.69 Å². The van der Waals surface area contributed by atoms with Gasteiger partial charge in [-0.3, -0.25) is 0 Å². The summed E-state index contributed by atoms with van der Waals surface area (Å²) in [5.41, 5.74) is 0.627. The minimum atomic E-state index is -0.371. The molecule has 4 nitrogen and oxygen atoms in total. The highest BCUT2D eigenvalue weighted by Gasteiger charge is 2.48. The quantitative estimate of drug-likeness (QED) is 0.732. The zero-order valence-corrected chi connectivity index (χ0v) is 9.86. The lowest BCUT2D eigenvalue weighted by Crippen LogP contribution is -2.09. The third-order valence-electron chi connectivity index (χ3n) is 2.98. The maximum Gasteiger partial charge on any atom is 0.357 e. The Bertz CT molecular complexity index is 415. The predicted octanol–water partition coefficient (Wildman–Crippen LogP) is 2.17. The molecule has 4 heteroatoms. The Morgan fingerprint density at radius 2 is 2.31 bits per heavy atom. The van der Waals surface area contributed by atoms with Gasteiger partial charge in [0.25, 0.3) is 0 Å². The van der Waals surface area contributed by atoms with Crippen molar-refractivity contribution < 1.29 is 9.53 Å². The average Bonchev–Trinajstić information content (AvgIpc) is 2.88. The van der Waals surface area contributed by atoms with Crippen LogP contribution in [0.1, 0.15) is 49.4 Å². The van der Waals surface area contributed by atoms with Crippen LogP contribution in [0.15, 0.2) is 12.3 Å². The number of ether oxygens (including phenoxy) is 1. The van der Waals surface area contributed by atoms with Gasteiger partial charge in [-0.2, -0.15) is 0 Å². The molecule has 0 bridgehead atoms. The van der Waals surface area contributed by atoms with Crippen molar-refractivity contribution in [2.75, 3.05) is 6.61 Å². The fraction of sp³-hybridized carbons (Fsp3) is 0.583. The monoisotopic (exact) mass is 220 g/mol. The summed E-state index contributed by atoms with van der Waals surface area (Å²) in [6.45, 7) is 6.51. The minimum absolute atomic E-state index is 0.271. The fourth-order valence-electron chi connectivity index (χ4n) is 1.77. The number of esters is 1. The van der Waals surface area contributed by atoms with Crippen molar-refractivity contribution in [2.45, 2.75) is 33.1 Å². The van der Waals surface area contributed by atoms with Gasteiger partial charge in [-0.25, -0.2) is 14.8 Å². The molecule has 0 amide bonds. The molecule has 1 unspecified atom stereocenters. The summed E-state index contributed by atoms with van der Waals surface area (Å²) in [5, 5.41) is 0. The first-order valence-corrected chi connectivity index (χ1v) is 5.54. The van der Waals surface area contributed by atoms with Crippen LogP contribution in [0.25, 0.3) is 0 Å². The second-order valence-corrected chi connectivity index (χ2v) is 4.77. The van der Waals surface area contributed by atoms with Crippen LogP contribution in [0.5, 0.6) is 0 Å². The molecule has 0 saturated heterocycles. The van der Waals surface area contributed by atoms with E-state index in [1.165, 1.54) is 0 Å².